The summed E-state index contributed by atoms with van der Waals surface area (Å²) in [5, 5.41) is 12.3. The fourth-order valence-corrected chi connectivity index (χ4v) is 4.59. The van der Waals surface area contributed by atoms with E-state index in [0.717, 1.165) is 12.8 Å². The molecule has 1 aliphatic heterocycles. The predicted octanol–water partition coefficient (Wildman–Crippen LogP) is 1.89. The number of hydrogen-bond acceptors (Lipinski definition) is 5. The first-order valence-electron chi connectivity index (χ1n) is 10.7. The molecule has 5 atom stereocenters. The highest BCUT2D eigenvalue weighted by Crippen LogP contribution is 2.45. The molecule has 0 bridgehead atoms. The van der Waals surface area contributed by atoms with Crippen molar-refractivity contribution < 1.29 is 24.2 Å². The molecule has 2 rings (SSSR count). The van der Waals surface area contributed by atoms with Gasteiger partial charge in [0.05, 0.1) is 18.4 Å². The molecule has 0 unspecified atom stereocenters. The maximum absolute atomic E-state index is 13.4. The number of fused-ring (bicyclic) bond motifs is 1. The Morgan fingerprint density at radius 3 is 2.48 bits per heavy atom. The largest absolute Gasteiger partial charge is 0.466 e. The molecule has 0 aromatic heterocycles. The lowest BCUT2D eigenvalue weighted by atomic mass is 9.68. The SMILES string of the molecule is CCC[C@@H]1C=C[C@H]2[C@H](C(=O)N(CCCO)[C@@H]2C(=O)NC(C)(C)C)[C@@H]1C(=O)OCC. The van der Waals surface area contributed by atoms with Crippen molar-refractivity contribution >= 4 is 17.8 Å². The molecule has 1 aliphatic carbocycles. The fourth-order valence-electron chi connectivity index (χ4n) is 4.59. The van der Waals surface area contributed by atoms with Gasteiger partial charge >= 0.3 is 5.97 Å². The molecule has 2 aliphatic rings. The average molecular weight is 409 g/mol. The summed E-state index contributed by atoms with van der Waals surface area (Å²) in [6.45, 7) is 9.96. The Bertz CT molecular complexity index is 640. The zero-order valence-corrected chi connectivity index (χ0v) is 18.3. The van der Waals surface area contributed by atoms with Crippen LogP contribution in [0.15, 0.2) is 12.2 Å². The Labute approximate surface area is 173 Å². The first-order valence-corrected chi connectivity index (χ1v) is 10.7. The zero-order chi connectivity index (χ0) is 21.8. The van der Waals surface area contributed by atoms with Gasteiger partial charge in [0.15, 0.2) is 0 Å². The van der Waals surface area contributed by atoms with E-state index >= 15 is 0 Å². The maximum atomic E-state index is 13.4. The van der Waals surface area contributed by atoms with Gasteiger partial charge in [-0.25, -0.2) is 0 Å². The first-order chi connectivity index (χ1) is 13.7. The molecule has 0 aromatic rings. The van der Waals surface area contributed by atoms with Crippen LogP contribution in [0.3, 0.4) is 0 Å². The lowest BCUT2D eigenvalue weighted by molar-refractivity contribution is -0.155. The average Bonchev–Trinajstić information content (AvgIpc) is 2.91. The second kappa shape index (κ2) is 9.74. The van der Waals surface area contributed by atoms with Gasteiger partial charge in [-0.3, -0.25) is 14.4 Å². The van der Waals surface area contributed by atoms with Crippen molar-refractivity contribution in [3.63, 3.8) is 0 Å². The molecule has 0 radical (unpaired) electrons. The van der Waals surface area contributed by atoms with Gasteiger partial charge in [0, 0.05) is 24.6 Å². The second-order valence-electron chi connectivity index (χ2n) is 9.01. The van der Waals surface area contributed by atoms with Crippen LogP contribution in [0.25, 0.3) is 0 Å². The van der Waals surface area contributed by atoms with Gasteiger partial charge in [-0.15, -0.1) is 0 Å². The number of amides is 2. The van der Waals surface area contributed by atoms with E-state index in [0.29, 0.717) is 6.42 Å². The smallest absolute Gasteiger partial charge is 0.310 e. The van der Waals surface area contributed by atoms with E-state index in [1.165, 1.54) is 0 Å². The summed E-state index contributed by atoms with van der Waals surface area (Å²) in [6.07, 6.45) is 6.00. The third-order valence-electron chi connectivity index (χ3n) is 5.62. The minimum absolute atomic E-state index is 0.0671. The molecular formula is C22H36N2O5. The third kappa shape index (κ3) is 5.18. The molecule has 0 saturated carbocycles. The van der Waals surface area contributed by atoms with Crippen LogP contribution in [0, 0.1) is 23.7 Å². The van der Waals surface area contributed by atoms with Crippen molar-refractivity contribution in [1.82, 2.24) is 10.2 Å². The van der Waals surface area contributed by atoms with Gasteiger partial charge in [-0.2, -0.15) is 0 Å². The number of rotatable bonds is 8. The number of carbonyl (C=O) groups excluding carboxylic acids is 3. The van der Waals surface area contributed by atoms with E-state index in [9.17, 15) is 19.5 Å². The molecule has 164 valence electrons. The summed E-state index contributed by atoms with van der Waals surface area (Å²) in [6, 6.07) is -0.686. The molecule has 1 fully saturated rings. The molecule has 1 saturated heterocycles. The van der Waals surface area contributed by atoms with Gasteiger partial charge in [-0.1, -0.05) is 25.5 Å². The van der Waals surface area contributed by atoms with Crippen molar-refractivity contribution in [3.8, 4) is 0 Å². The van der Waals surface area contributed by atoms with Crippen LogP contribution in [0.4, 0.5) is 0 Å². The third-order valence-corrected chi connectivity index (χ3v) is 5.62. The molecule has 7 heteroatoms. The Morgan fingerprint density at radius 2 is 1.93 bits per heavy atom. The summed E-state index contributed by atoms with van der Waals surface area (Å²) in [7, 11) is 0. The van der Waals surface area contributed by atoms with E-state index in [-0.39, 0.29) is 49.4 Å². The normalized spacial score (nSPS) is 29.0. The number of aliphatic hydroxyl groups is 1. The number of esters is 1. The van der Waals surface area contributed by atoms with Crippen LogP contribution in [-0.4, -0.2) is 59.1 Å². The molecule has 29 heavy (non-hydrogen) atoms. The summed E-state index contributed by atoms with van der Waals surface area (Å²) in [5.74, 6) is -2.43. The van der Waals surface area contributed by atoms with E-state index in [1.54, 1.807) is 11.8 Å². The van der Waals surface area contributed by atoms with Crippen LogP contribution in [0.1, 0.15) is 53.9 Å². The van der Waals surface area contributed by atoms with E-state index in [2.05, 4.69) is 5.32 Å². The van der Waals surface area contributed by atoms with Crippen LogP contribution in [0.5, 0.6) is 0 Å². The van der Waals surface area contributed by atoms with Crippen molar-refractivity contribution in [2.75, 3.05) is 19.8 Å². The molecule has 0 aromatic carbocycles. The number of carbonyl (C=O) groups is 3. The molecule has 1 heterocycles. The Kier molecular flexibility index (Phi) is 7.86. The van der Waals surface area contributed by atoms with Crippen molar-refractivity contribution in [3.05, 3.63) is 12.2 Å². The van der Waals surface area contributed by atoms with E-state index < -0.39 is 23.4 Å². The van der Waals surface area contributed by atoms with Gasteiger partial charge in [-0.05, 0) is 46.5 Å². The van der Waals surface area contributed by atoms with Gasteiger partial charge in [0.25, 0.3) is 0 Å². The monoisotopic (exact) mass is 408 g/mol. The quantitative estimate of drug-likeness (QED) is 0.472. The highest BCUT2D eigenvalue weighted by Gasteiger charge is 2.57. The minimum atomic E-state index is -0.686. The highest BCUT2D eigenvalue weighted by atomic mass is 16.5. The van der Waals surface area contributed by atoms with Crippen molar-refractivity contribution in [2.24, 2.45) is 23.7 Å². The summed E-state index contributed by atoms with van der Waals surface area (Å²) >= 11 is 0. The van der Waals surface area contributed by atoms with Gasteiger partial charge in [0.1, 0.15) is 6.04 Å². The molecule has 0 spiro atoms. The number of aliphatic hydroxyl groups excluding tert-OH is 1. The molecular weight excluding hydrogens is 372 g/mol. The molecule has 2 amide bonds. The van der Waals surface area contributed by atoms with E-state index in [4.69, 9.17) is 4.74 Å². The Hall–Kier alpha value is -1.89. The molecule has 2 N–H and O–H groups in total. The van der Waals surface area contributed by atoms with Gasteiger partial charge in [0.2, 0.25) is 11.8 Å². The summed E-state index contributed by atoms with van der Waals surface area (Å²) in [4.78, 5) is 40.9. The highest BCUT2D eigenvalue weighted by molar-refractivity contribution is 5.96. The Morgan fingerprint density at radius 1 is 1.24 bits per heavy atom. The van der Waals surface area contributed by atoms with Gasteiger partial charge < -0.3 is 20.1 Å². The first kappa shape index (κ1) is 23.4. The summed E-state index contributed by atoms with van der Waals surface area (Å²) in [5.41, 5.74) is -0.440. The van der Waals surface area contributed by atoms with Crippen LogP contribution < -0.4 is 5.32 Å². The second-order valence-corrected chi connectivity index (χ2v) is 9.01. The fraction of sp³-hybridized carbons (Fsp3) is 0.773. The lowest BCUT2D eigenvalue weighted by Gasteiger charge is -2.34. The number of nitrogens with zero attached hydrogens (tertiary/aromatic N) is 1. The van der Waals surface area contributed by atoms with Crippen molar-refractivity contribution in [1.29, 1.82) is 0 Å². The lowest BCUT2D eigenvalue weighted by Crippen LogP contribution is -2.52. The van der Waals surface area contributed by atoms with E-state index in [1.807, 2.05) is 39.8 Å². The molecule has 7 nitrogen and oxygen atoms in total. The minimum Gasteiger partial charge on any atom is -0.466 e. The number of ether oxygens (including phenoxy) is 1. The summed E-state index contributed by atoms with van der Waals surface area (Å²) < 4.78 is 5.32. The Balaban J connectivity index is 2.44. The number of allylic oxidation sites excluding steroid dienone is 1. The van der Waals surface area contributed by atoms with Crippen LogP contribution in [0.2, 0.25) is 0 Å². The topological polar surface area (TPSA) is 95.9 Å². The van der Waals surface area contributed by atoms with Crippen molar-refractivity contribution in [2.45, 2.75) is 65.5 Å². The predicted molar refractivity (Wildman–Crippen MR) is 110 cm³/mol. The van der Waals surface area contributed by atoms with Crippen LogP contribution in [-0.2, 0) is 19.1 Å². The standard InChI is InChI=1S/C22H36N2O5/c1-6-9-14-10-11-15-17(16(14)21(28)29-7-2)20(27)24(12-8-13-25)18(15)19(26)23-22(3,4)5/h10-11,14-18,25H,6-9,12-13H2,1-5H3,(H,23,26)/t14-,15+,16-,17+,18+/m1/s1. The number of nitrogens with one attached hydrogen (secondary N) is 1. The zero-order valence-electron chi connectivity index (χ0n) is 18.3. The number of likely N-dealkylation sites (tertiary alicyclic amines) is 1. The number of hydrogen-bond donors (Lipinski definition) is 2. The maximum Gasteiger partial charge on any atom is 0.310 e. The van der Waals surface area contributed by atoms with Crippen LogP contribution >= 0.6 is 0 Å².